The average Bonchev–Trinajstić information content (AvgIpc) is 2.84. The van der Waals surface area contributed by atoms with Crippen LogP contribution in [0, 0.1) is 36.5 Å². The Morgan fingerprint density at radius 1 is 1.33 bits per heavy atom. The third-order valence-electron chi connectivity index (χ3n) is 5.81. The minimum Gasteiger partial charge on any atom is -0.299 e. The molecule has 3 aliphatic carbocycles. The van der Waals surface area contributed by atoms with Crippen molar-refractivity contribution in [3.63, 3.8) is 0 Å². The second-order valence-corrected chi connectivity index (χ2v) is 9.18. The Kier molecular flexibility index (Phi) is 5.30. The van der Waals surface area contributed by atoms with Crippen LogP contribution in [0.2, 0.25) is 0 Å². The van der Waals surface area contributed by atoms with Crippen molar-refractivity contribution in [2.75, 3.05) is 0 Å². The van der Waals surface area contributed by atoms with Crippen molar-refractivity contribution in [1.29, 1.82) is 0 Å². The van der Waals surface area contributed by atoms with Gasteiger partial charge in [-0.2, -0.15) is 0 Å². The van der Waals surface area contributed by atoms with Crippen molar-refractivity contribution in [3.8, 4) is 12.3 Å². The van der Waals surface area contributed by atoms with Crippen molar-refractivity contribution in [3.05, 3.63) is 54.3 Å². The number of terminal acetylenes is 1. The van der Waals surface area contributed by atoms with E-state index in [4.69, 9.17) is 6.42 Å². The van der Waals surface area contributed by atoms with Crippen LogP contribution in [-0.2, 0) is 14.8 Å². The Morgan fingerprint density at radius 2 is 2.04 bits per heavy atom. The van der Waals surface area contributed by atoms with Crippen LogP contribution in [0.25, 0.3) is 0 Å². The average molecular weight is 384 g/mol. The number of fused-ring (bicyclic) bond motifs is 3. The predicted molar refractivity (Wildman–Crippen MR) is 106 cm³/mol. The molecule has 5 heteroatoms. The summed E-state index contributed by atoms with van der Waals surface area (Å²) in [5.74, 6) is 2.70. The van der Waals surface area contributed by atoms with Gasteiger partial charge in [0.1, 0.15) is 5.78 Å². The fourth-order valence-electron chi connectivity index (χ4n) is 4.19. The lowest BCUT2D eigenvalue weighted by Crippen LogP contribution is -2.39. The van der Waals surface area contributed by atoms with E-state index in [1.165, 1.54) is 0 Å². The number of aryl methyl sites for hydroxylation is 1. The molecule has 0 saturated heterocycles. The van der Waals surface area contributed by atoms with Crippen molar-refractivity contribution in [2.45, 2.75) is 43.9 Å². The zero-order chi connectivity index (χ0) is 19.7. The minimum absolute atomic E-state index is 0.0549. The molecule has 3 aliphatic rings. The maximum atomic E-state index is 13.0. The highest BCUT2D eigenvalue weighted by atomic mass is 32.2. The van der Waals surface area contributed by atoms with Crippen LogP contribution in [-0.4, -0.2) is 14.2 Å². The molecule has 0 radical (unpaired) electrons. The molecule has 4 nitrogen and oxygen atoms in total. The van der Waals surface area contributed by atoms with Gasteiger partial charge in [-0.15, -0.1) is 13.0 Å². The van der Waals surface area contributed by atoms with Crippen LogP contribution < -0.4 is 4.72 Å². The quantitative estimate of drug-likeness (QED) is 0.601. The Balaban J connectivity index is 2.05. The molecular weight excluding hydrogens is 358 g/mol. The summed E-state index contributed by atoms with van der Waals surface area (Å²) in [6.07, 6.45) is 12.7. The van der Waals surface area contributed by atoms with E-state index in [1.54, 1.807) is 36.4 Å². The molecule has 0 heterocycles. The van der Waals surface area contributed by atoms with Gasteiger partial charge >= 0.3 is 0 Å². The monoisotopic (exact) mass is 383 g/mol. The van der Waals surface area contributed by atoms with Gasteiger partial charge in [0.25, 0.3) is 10.0 Å². The fraction of sp³-hybridized carbons (Fsp3) is 0.409. The molecule has 0 aliphatic heterocycles. The molecule has 1 saturated carbocycles. The summed E-state index contributed by atoms with van der Waals surface area (Å²) in [5, 5.41) is 0. The van der Waals surface area contributed by atoms with E-state index >= 15 is 0 Å². The van der Waals surface area contributed by atoms with E-state index in [2.05, 4.69) is 17.2 Å². The van der Waals surface area contributed by atoms with E-state index in [-0.39, 0.29) is 22.5 Å². The Labute approximate surface area is 161 Å². The maximum absolute atomic E-state index is 13.0. The van der Waals surface area contributed by atoms with Gasteiger partial charge in [-0.3, -0.25) is 9.52 Å². The first-order valence-electron chi connectivity index (χ1n) is 9.25. The van der Waals surface area contributed by atoms with E-state index in [0.29, 0.717) is 25.0 Å². The second kappa shape index (κ2) is 7.36. The lowest BCUT2D eigenvalue weighted by molar-refractivity contribution is -0.124. The SMILES string of the molecule is C#C[C@@]1(CCC=C)C(NS(=O)(=O)c2ccc(C)cc2)=C[C@H]2CC[C@@H]1CC2=O. The van der Waals surface area contributed by atoms with Gasteiger partial charge in [-0.1, -0.05) is 35.8 Å². The third-order valence-corrected chi connectivity index (χ3v) is 7.19. The Bertz CT molecular complexity index is 921. The molecule has 0 unspecified atom stereocenters. The zero-order valence-electron chi connectivity index (χ0n) is 15.6. The van der Waals surface area contributed by atoms with Crippen LogP contribution in [0.3, 0.4) is 0 Å². The second-order valence-electron chi connectivity index (χ2n) is 7.49. The van der Waals surface area contributed by atoms with Crippen LogP contribution in [0.4, 0.5) is 0 Å². The molecule has 0 spiro atoms. The number of sulfonamides is 1. The molecule has 1 fully saturated rings. The van der Waals surface area contributed by atoms with Crippen molar-refractivity contribution in [1.82, 2.24) is 4.72 Å². The summed E-state index contributed by atoms with van der Waals surface area (Å²) in [7, 11) is -3.79. The number of ketones is 1. The molecule has 3 atom stereocenters. The number of hydrogen-bond acceptors (Lipinski definition) is 3. The number of Topliss-reactive ketones (excluding diaryl/α,β-unsaturated/α-hetero) is 1. The van der Waals surface area contributed by atoms with E-state index in [0.717, 1.165) is 18.4 Å². The highest BCUT2D eigenvalue weighted by Crippen LogP contribution is 2.50. The van der Waals surface area contributed by atoms with E-state index in [9.17, 15) is 13.2 Å². The number of nitrogens with one attached hydrogen (secondary N) is 1. The molecule has 2 bridgehead atoms. The largest absolute Gasteiger partial charge is 0.299 e. The molecule has 1 aromatic carbocycles. The molecule has 1 N–H and O–H groups in total. The number of hydrogen-bond donors (Lipinski definition) is 1. The summed E-state index contributed by atoms with van der Waals surface area (Å²) >= 11 is 0. The zero-order valence-corrected chi connectivity index (χ0v) is 16.4. The summed E-state index contributed by atoms with van der Waals surface area (Å²) < 4.78 is 28.7. The van der Waals surface area contributed by atoms with Crippen LogP contribution >= 0.6 is 0 Å². The molecule has 0 aromatic heterocycles. The Hall–Kier alpha value is -2.32. The summed E-state index contributed by atoms with van der Waals surface area (Å²) in [6.45, 7) is 5.67. The predicted octanol–water partition coefficient (Wildman–Crippen LogP) is 3.74. The standard InChI is InChI=1S/C22H25NO3S/c1-4-6-13-22(5-2)18-10-9-17(20(24)15-18)14-21(22)23-27(25,26)19-11-7-16(3)8-12-19/h2,4,7-8,11-12,14,17-18,23H,1,6,9-10,13,15H2,3H3/t17-,18-,22+/m1/s1. The summed E-state index contributed by atoms with van der Waals surface area (Å²) in [5.41, 5.74) is 0.661. The van der Waals surface area contributed by atoms with Crippen molar-refractivity contribution < 1.29 is 13.2 Å². The fourth-order valence-corrected chi connectivity index (χ4v) is 5.34. The van der Waals surface area contributed by atoms with E-state index in [1.807, 2.05) is 6.92 Å². The lowest BCUT2D eigenvalue weighted by Gasteiger charge is -2.38. The molecule has 4 rings (SSSR count). The molecular formula is C22H25NO3S. The number of rotatable bonds is 6. The van der Waals surface area contributed by atoms with Gasteiger partial charge in [-0.25, -0.2) is 8.42 Å². The van der Waals surface area contributed by atoms with Crippen LogP contribution in [0.5, 0.6) is 0 Å². The highest BCUT2D eigenvalue weighted by molar-refractivity contribution is 7.89. The van der Waals surface area contributed by atoms with Crippen LogP contribution in [0.1, 0.15) is 37.7 Å². The Morgan fingerprint density at radius 3 is 2.63 bits per heavy atom. The van der Waals surface area contributed by atoms with Gasteiger partial charge in [0.2, 0.25) is 0 Å². The first kappa shape index (κ1) is 19.4. The van der Waals surface area contributed by atoms with Crippen molar-refractivity contribution in [2.24, 2.45) is 17.3 Å². The number of carbonyl (C=O) groups excluding carboxylic acids is 1. The van der Waals surface area contributed by atoms with Crippen LogP contribution in [0.15, 0.2) is 53.6 Å². The molecule has 27 heavy (non-hydrogen) atoms. The number of allylic oxidation sites excluding steroid dienone is 3. The molecule has 142 valence electrons. The highest BCUT2D eigenvalue weighted by Gasteiger charge is 2.48. The van der Waals surface area contributed by atoms with Gasteiger partial charge in [-0.05, 0) is 50.7 Å². The smallest absolute Gasteiger partial charge is 0.261 e. The van der Waals surface area contributed by atoms with E-state index < -0.39 is 15.4 Å². The van der Waals surface area contributed by atoms with Gasteiger partial charge < -0.3 is 0 Å². The molecule has 1 aromatic rings. The topological polar surface area (TPSA) is 63.2 Å². The number of benzene rings is 1. The first-order valence-corrected chi connectivity index (χ1v) is 10.7. The number of carbonyl (C=O) groups is 1. The van der Waals surface area contributed by atoms with Gasteiger partial charge in [0.05, 0.1) is 10.3 Å². The minimum atomic E-state index is -3.79. The third kappa shape index (κ3) is 3.59. The summed E-state index contributed by atoms with van der Waals surface area (Å²) in [4.78, 5) is 12.6. The first-order chi connectivity index (χ1) is 12.8. The normalized spacial score (nSPS) is 27.4. The van der Waals surface area contributed by atoms with Gasteiger partial charge in [0.15, 0.2) is 0 Å². The maximum Gasteiger partial charge on any atom is 0.261 e. The van der Waals surface area contributed by atoms with Crippen molar-refractivity contribution >= 4 is 15.8 Å². The van der Waals surface area contributed by atoms with Gasteiger partial charge in [0, 0.05) is 18.0 Å². The summed E-state index contributed by atoms with van der Waals surface area (Å²) in [6, 6.07) is 6.68. The molecule has 0 amide bonds. The lowest BCUT2D eigenvalue weighted by atomic mass is 9.66.